The fraction of sp³-hybridized carbons (Fsp3) is 0.679. The molecule has 0 aliphatic rings. The molecule has 0 radical (unpaired) electrons. The highest BCUT2D eigenvalue weighted by atomic mass is 32.1. The summed E-state index contributed by atoms with van der Waals surface area (Å²) in [5.41, 5.74) is 0.989. The first-order valence-corrected chi connectivity index (χ1v) is 13.8. The van der Waals surface area contributed by atoms with Crippen LogP contribution in [0.2, 0.25) is 0 Å². The van der Waals surface area contributed by atoms with E-state index in [0.717, 1.165) is 43.2 Å². The van der Waals surface area contributed by atoms with Gasteiger partial charge in [-0.15, -0.1) is 0 Å². The van der Waals surface area contributed by atoms with Crippen molar-refractivity contribution in [2.24, 2.45) is 0 Å². The number of benzene rings is 1. The van der Waals surface area contributed by atoms with Crippen LogP contribution in [0.1, 0.15) is 97.2 Å². The first kappa shape index (κ1) is 31.8. The second-order valence-electron chi connectivity index (χ2n) is 10.6. The SMILES string of the molecule is CCCCCCCCN(C(=O)C(CS)NC(=O)OC(C)(C)C)C(C(=O)NC(C)C)c1ccccc1C. The molecular formula is C28H47N3O4S. The molecule has 0 bridgehead atoms. The van der Waals surface area contributed by atoms with Crippen molar-refractivity contribution in [3.05, 3.63) is 35.4 Å². The Morgan fingerprint density at radius 2 is 1.61 bits per heavy atom. The molecule has 1 aromatic carbocycles. The Bertz CT molecular complexity index is 838. The van der Waals surface area contributed by atoms with E-state index in [-0.39, 0.29) is 23.6 Å². The minimum atomic E-state index is -0.929. The number of carbonyl (C=O) groups is 3. The van der Waals surface area contributed by atoms with E-state index in [1.807, 2.05) is 45.0 Å². The van der Waals surface area contributed by atoms with Gasteiger partial charge in [0.25, 0.3) is 0 Å². The molecule has 0 saturated heterocycles. The molecule has 0 aliphatic carbocycles. The monoisotopic (exact) mass is 521 g/mol. The minimum Gasteiger partial charge on any atom is -0.444 e. The number of nitrogens with zero attached hydrogens (tertiary/aromatic N) is 1. The highest BCUT2D eigenvalue weighted by molar-refractivity contribution is 7.80. The fourth-order valence-electron chi connectivity index (χ4n) is 3.97. The lowest BCUT2D eigenvalue weighted by Gasteiger charge is -2.35. The minimum absolute atomic E-state index is 0.0807. The van der Waals surface area contributed by atoms with Gasteiger partial charge in [0.05, 0.1) is 0 Å². The van der Waals surface area contributed by atoms with Gasteiger partial charge >= 0.3 is 6.09 Å². The molecule has 2 unspecified atom stereocenters. The topological polar surface area (TPSA) is 87.7 Å². The van der Waals surface area contributed by atoms with Gasteiger partial charge in [-0.3, -0.25) is 9.59 Å². The summed E-state index contributed by atoms with van der Waals surface area (Å²) in [5.74, 6) is -0.512. The molecule has 0 spiro atoms. The molecule has 0 saturated carbocycles. The van der Waals surface area contributed by atoms with Crippen LogP contribution in [0.4, 0.5) is 4.79 Å². The van der Waals surface area contributed by atoms with Crippen molar-refractivity contribution in [2.75, 3.05) is 12.3 Å². The highest BCUT2D eigenvalue weighted by Crippen LogP contribution is 2.26. The van der Waals surface area contributed by atoms with Crippen LogP contribution >= 0.6 is 12.6 Å². The summed E-state index contributed by atoms with van der Waals surface area (Å²) in [4.78, 5) is 41.5. The van der Waals surface area contributed by atoms with E-state index in [9.17, 15) is 14.4 Å². The zero-order valence-electron chi connectivity index (χ0n) is 23.2. The quantitative estimate of drug-likeness (QED) is 0.221. The lowest BCUT2D eigenvalue weighted by Crippen LogP contribution is -2.54. The molecule has 204 valence electrons. The first-order valence-electron chi connectivity index (χ1n) is 13.2. The van der Waals surface area contributed by atoms with Crippen molar-refractivity contribution in [1.29, 1.82) is 0 Å². The Balaban J connectivity index is 3.32. The lowest BCUT2D eigenvalue weighted by atomic mass is 9.97. The Kier molecular flexibility index (Phi) is 14.0. The maximum absolute atomic E-state index is 13.9. The van der Waals surface area contributed by atoms with Crippen molar-refractivity contribution >= 4 is 30.5 Å². The van der Waals surface area contributed by atoms with Gasteiger partial charge in [-0.05, 0) is 59.1 Å². The third kappa shape index (κ3) is 11.2. The zero-order valence-corrected chi connectivity index (χ0v) is 24.1. The summed E-state index contributed by atoms with van der Waals surface area (Å²) in [6.07, 6.45) is 5.61. The van der Waals surface area contributed by atoms with E-state index in [0.29, 0.717) is 6.54 Å². The molecule has 0 aliphatic heterocycles. The fourth-order valence-corrected chi connectivity index (χ4v) is 4.22. The Hall–Kier alpha value is -2.22. The standard InChI is InChI=1S/C28H47N3O4S/c1-8-9-10-11-12-15-18-31(26(33)23(19-36)30-27(34)35-28(5,6)7)24(25(32)29-20(2)3)22-17-14-13-16-21(22)4/h13-14,16-17,20,23-24,36H,8-12,15,18-19H2,1-7H3,(H,29,32)(H,30,34). The Morgan fingerprint density at radius 1 is 1.00 bits per heavy atom. The van der Waals surface area contributed by atoms with Gasteiger partial charge in [0, 0.05) is 18.3 Å². The smallest absolute Gasteiger partial charge is 0.408 e. The Morgan fingerprint density at radius 3 is 2.17 bits per heavy atom. The number of thiol groups is 1. The molecule has 36 heavy (non-hydrogen) atoms. The van der Waals surface area contributed by atoms with Gasteiger partial charge in [-0.1, -0.05) is 63.3 Å². The average molecular weight is 522 g/mol. The average Bonchev–Trinajstić information content (AvgIpc) is 2.77. The number of unbranched alkanes of at least 4 members (excludes halogenated alkanes) is 5. The number of nitrogens with one attached hydrogen (secondary N) is 2. The number of aryl methyl sites for hydroxylation is 1. The van der Waals surface area contributed by atoms with Crippen molar-refractivity contribution < 1.29 is 19.1 Å². The molecule has 3 amide bonds. The van der Waals surface area contributed by atoms with E-state index in [1.165, 1.54) is 6.42 Å². The summed E-state index contributed by atoms with van der Waals surface area (Å²) in [7, 11) is 0. The largest absolute Gasteiger partial charge is 0.444 e. The normalized spacial score (nSPS) is 13.1. The predicted octanol–water partition coefficient (Wildman–Crippen LogP) is 5.57. The van der Waals surface area contributed by atoms with Gasteiger partial charge in [-0.25, -0.2) is 4.79 Å². The lowest BCUT2D eigenvalue weighted by molar-refractivity contribution is -0.142. The van der Waals surface area contributed by atoms with Crippen molar-refractivity contribution in [1.82, 2.24) is 15.5 Å². The van der Waals surface area contributed by atoms with E-state index in [4.69, 9.17) is 4.74 Å². The number of hydrogen-bond acceptors (Lipinski definition) is 5. The van der Waals surface area contributed by atoms with Crippen LogP contribution in [0.5, 0.6) is 0 Å². The molecule has 0 aromatic heterocycles. The molecule has 0 heterocycles. The molecular weight excluding hydrogens is 474 g/mol. The summed E-state index contributed by atoms with van der Waals surface area (Å²) in [6, 6.07) is 5.78. The van der Waals surface area contributed by atoms with Gasteiger partial charge in [0.1, 0.15) is 17.7 Å². The predicted molar refractivity (Wildman–Crippen MR) is 149 cm³/mol. The maximum atomic E-state index is 13.9. The molecule has 2 atom stereocenters. The van der Waals surface area contributed by atoms with Crippen LogP contribution in [0.15, 0.2) is 24.3 Å². The number of carbonyl (C=O) groups excluding carboxylic acids is 3. The zero-order chi connectivity index (χ0) is 27.3. The summed E-state index contributed by atoms with van der Waals surface area (Å²) >= 11 is 4.35. The third-order valence-electron chi connectivity index (χ3n) is 5.68. The molecule has 1 rings (SSSR count). The van der Waals surface area contributed by atoms with E-state index in [1.54, 1.807) is 25.7 Å². The first-order chi connectivity index (χ1) is 16.9. The maximum Gasteiger partial charge on any atom is 0.408 e. The Labute approximate surface area is 223 Å². The van der Waals surface area contributed by atoms with Crippen LogP contribution in [0.3, 0.4) is 0 Å². The second-order valence-corrected chi connectivity index (χ2v) is 11.0. The van der Waals surface area contributed by atoms with Crippen LogP contribution in [-0.2, 0) is 14.3 Å². The molecule has 0 fully saturated rings. The molecule has 2 N–H and O–H groups in total. The summed E-state index contributed by atoms with van der Waals surface area (Å²) in [5, 5.41) is 5.65. The van der Waals surface area contributed by atoms with Gasteiger partial charge in [0.2, 0.25) is 11.8 Å². The van der Waals surface area contributed by atoms with Gasteiger partial charge in [0.15, 0.2) is 0 Å². The number of amides is 3. The van der Waals surface area contributed by atoms with Crippen LogP contribution < -0.4 is 10.6 Å². The number of hydrogen-bond donors (Lipinski definition) is 3. The molecule has 7 nitrogen and oxygen atoms in total. The van der Waals surface area contributed by atoms with Crippen LogP contribution in [-0.4, -0.2) is 52.8 Å². The van der Waals surface area contributed by atoms with Crippen LogP contribution in [0, 0.1) is 6.92 Å². The van der Waals surface area contributed by atoms with E-state index >= 15 is 0 Å². The summed E-state index contributed by atoms with van der Waals surface area (Å²) in [6.45, 7) is 13.6. The van der Waals surface area contributed by atoms with Crippen molar-refractivity contribution in [2.45, 2.75) is 111 Å². The van der Waals surface area contributed by atoms with Crippen molar-refractivity contribution in [3.63, 3.8) is 0 Å². The molecule has 8 heteroatoms. The highest BCUT2D eigenvalue weighted by Gasteiger charge is 2.36. The number of rotatable bonds is 14. The van der Waals surface area contributed by atoms with E-state index < -0.39 is 23.8 Å². The molecule has 1 aromatic rings. The summed E-state index contributed by atoms with van der Waals surface area (Å²) < 4.78 is 5.37. The van der Waals surface area contributed by atoms with Gasteiger partial charge < -0.3 is 20.3 Å². The number of alkyl carbamates (subject to hydrolysis) is 1. The van der Waals surface area contributed by atoms with E-state index in [2.05, 4.69) is 30.2 Å². The second kappa shape index (κ2) is 15.8. The number of ether oxygens (including phenoxy) is 1. The van der Waals surface area contributed by atoms with Crippen molar-refractivity contribution in [3.8, 4) is 0 Å². The van der Waals surface area contributed by atoms with Gasteiger partial charge in [-0.2, -0.15) is 12.6 Å². The third-order valence-corrected chi connectivity index (χ3v) is 6.05. The van der Waals surface area contributed by atoms with Crippen LogP contribution in [0.25, 0.3) is 0 Å².